The maximum absolute atomic E-state index is 13.1. The number of hydrogen-bond donors (Lipinski definition) is 1. The van der Waals surface area contributed by atoms with Gasteiger partial charge in [-0.25, -0.2) is 14.2 Å². The molecule has 0 aromatic heterocycles. The molecule has 1 aromatic rings. The van der Waals surface area contributed by atoms with E-state index in [1.807, 2.05) is 6.92 Å². The Morgan fingerprint density at radius 3 is 2.69 bits per heavy atom. The molecule has 0 radical (unpaired) electrons. The van der Waals surface area contributed by atoms with E-state index >= 15 is 0 Å². The number of amides is 1. The lowest BCUT2D eigenvalue weighted by molar-refractivity contribution is -0.571. The Bertz CT molecular complexity index is 849. The average Bonchev–Trinajstić information content (AvgIpc) is 3.01. The zero-order chi connectivity index (χ0) is 22.5. The van der Waals surface area contributed by atoms with E-state index in [2.05, 4.69) is 19.2 Å². The van der Waals surface area contributed by atoms with Crippen LogP contribution in [-0.4, -0.2) is 29.7 Å². The van der Waals surface area contributed by atoms with Gasteiger partial charge in [-0.1, -0.05) is 26.0 Å². The van der Waals surface area contributed by atoms with E-state index in [-0.39, 0.29) is 29.7 Å². The van der Waals surface area contributed by atoms with Crippen LogP contribution in [-0.2, 0) is 30.6 Å². The van der Waals surface area contributed by atoms with Gasteiger partial charge in [0.15, 0.2) is 11.9 Å². The summed E-state index contributed by atoms with van der Waals surface area (Å²) in [5.74, 6) is 0.297. The van der Waals surface area contributed by atoms with Crippen molar-refractivity contribution in [3.63, 3.8) is 0 Å². The van der Waals surface area contributed by atoms with Crippen LogP contribution in [0.15, 0.2) is 24.3 Å². The number of hydrogen-bond acceptors (Lipinski definition) is 5. The molecule has 1 saturated carbocycles. The smallest absolute Gasteiger partial charge is 0.220 e. The van der Waals surface area contributed by atoms with E-state index in [1.54, 1.807) is 12.1 Å². The number of benzene rings is 1. The molecular formula is C25H34FNO5. The van der Waals surface area contributed by atoms with Crippen LogP contribution >= 0.6 is 0 Å². The highest BCUT2D eigenvalue weighted by Crippen LogP contribution is 2.60. The third kappa shape index (κ3) is 3.77. The average molecular weight is 448 g/mol. The van der Waals surface area contributed by atoms with Crippen molar-refractivity contribution in [3.8, 4) is 0 Å². The largest absolute Gasteiger partial charge is 0.352 e. The third-order valence-electron chi connectivity index (χ3n) is 8.35. The minimum Gasteiger partial charge on any atom is -0.352 e. The van der Waals surface area contributed by atoms with Crippen LogP contribution in [0, 0.1) is 29.5 Å². The molecule has 5 fully saturated rings. The molecule has 6 nitrogen and oxygen atoms in total. The second-order valence-electron chi connectivity index (χ2n) is 10.4. The highest BCUT2D eigenvalue weighted by molar-refractivity contribution is 5.75. The first kappa shape index (κ1) is 22.3. The van der Waals surface area contributed by atoms with E-state index in [4.69, 9.17) is 19.2 Å². The minimum absolute atomic E-state index is 0.0320. The van der Waals surface area contributed by atoms with Gasteiger partial charge in [-0.2, -0.15) is 0 Å². The molecule has 1 spiro atoms. The lowest BCUT2D eigenvalue weighted by atomic mass is 9.57. The molecule has 4 heterocycles. The summed E-state index contributed by atoms with van der Waals surface area (Å²) >= 11 is 0. The second kappa shape index (κ2) is 8.35. The molecule has 4 saturated heterocycles. The number of halogens is 1. The summed E-state index contributed by atoms with van der Waals surface area (Å²) in [6, 6.07) is 6.17. The van der Waals surface area contributed by atoms with E-state index in [1.165, 1.54) is 18.6 Å². The van der Waals surface area contributed by atoms with Crippen LogP contribution in [0.5, 0.6) is 0 Å². The van der Waals surface area contributed by atoms with Gasteiger partial charge in [-0.15, -0.1) is 0 Å². The molecule has 1 N–H and O–H groups in total. The molecule has 4 aliphatic heterocycles. The predicted molar refractivity (Wildman–Crippen MR) is 114 cm³/mol. The number of nitrogens with one attached hydrogen (secondary N) is 1. The van der Waals surface area contributed by atoms with Gasteiger partial charge < -0.3 is 14.8 Å². The molecule has 1 aromatic carbocycles. The van der Waals surface area contributed by atoms with Crippen molar-refractivity contribution in [2.24, 2.45) is 23.7 Å². The normalized spacial score (nSPS) is 42.8. The molecule has 2 bridgehead atoms. The van der Waals surface area contributed by atoms with Gasteiger partial charge in [0, 0.05) is 25.3 Å². The molecule has 32 heavy (non-hydrogen) atoms. The Balaban J connectivity index is 1.25. The fourth-order valence-corrected chi connectivity index (χ4v) is 6.47. The fraction of sp³-hybridized carbons (Fsp3) is 0.720. The number of rotatable bonds is 5. The first-order valence-electron chi connectivity index (χ1n) is 12.0. The van der Waals surface area contributed by atoms with Gasteiger partial charge in [0.1, 0.15) is 5.82 Å². The van der Waals surface area contributed by atoms with E-state index < -0.39 is 17.7 Å². The molecule has 0 unspecified atom stereocenters. The van der Waals surface area contributed by atoms with Gasteiger partial charge in [0.2, 0.25) is 11.7 Å². The van der Waals surface area contributed by atoms with Crippen molar-refractivity contribution < 1.29 is 28.4 Å². The Hall–Kier alpha value is -1.54. The van der Waals surface area contributed by atoms with Crippen LogP contribution < -0.4 is 5.32 Å². The van der Waals surface area contributed by atoms with Crippen molar-refractivity contribution >= 4 is 5.91 Å². The SMILES string of the molecule is C[C@H]1[C@@H](CCC(=O)NCc2ccc(F)cc2)O[C@@H]2O[C@]3(C)CC[C@H]4[C@H](C)CC[C@@H]1[C@@]24OO3. The van der Waals surface area contributed by atoms with Gasteiger partial charge >= 0.3 is 0 Å². The van der Waals surface area contributed by atoms with Gasteiger partial charge in [-0.05, 0) is 68.1 Å². The van der Waals surface area contributed by atoms with Crippen molar-refractivity contribution in [3.05, 3.63) is 35.6 Å². The van der Waals surface area contributed by atoms with Gasteiger partial charge in [-0.3, -0.25) is 4.79 Å². The molecular weight excluding hydrogens is 413 g/mol. The topological polar surface area (TPSA) is 66.0 Å². The number of carbonyl (C=O) groups excluding carboxylic acids is 1. The molecule has 1 amide bonds. The first-order chi connectivity index (χ1) is 15.3. The maximum atomic E-state index is 13.1. The Morgan fingerprint density at radius 2 is 1.91 bits per heavy atom. The van der Waals surface area contributed by atoms with Crippen LogP contribution in [0.1, 0.15) is 64.9 Å². The van der Waals surface area contributed by atoms with Crippen LogP contribution in [0.2, 0.25) is 0 Å². The van der Waals surface area contributed by atoms with Crippen LogP contribution in [0.25, 0.3) is 0 Å². The summed E-state index contributed by atoms with van der Waals surface area (Å²) in [7, 11) is 0. The molecule has 8 atom stereocenters. The Morgan fingerprint density at radius 1 is 1.12 bits per heavy atom. The highest BCUT2D eigenvalue weighted by Gasteiger charge is 2.69. The van der Waals surface area contributed by atoms with E-state index in [9.17, 15) is 9.18 Å². The summed E-state index contributed by atoms with van der Waals surface area (Å²) < 4.78 is 26.0. The van der Waals surface area contributed by atoms with Crippen molar-refractivity contribution in [1.29, 1.82) is 0 Å². The molecule has 176 valence electrons. The van der Waals surface area contributed by atoms with Gasteiger partial charge in [0.05, 0.1) is 6.10 Å². The minimum atomic E-state index is -0.783. The number of ether oxygens (including phenoxy) is 2. The highest BCUT2D eigenvalue weighted by atomic mass is 19.1. The summed E-state index contributed by atoms with van der Waals surface area (Å²) in [6.45, 7) is 6.84. The molecule has 5 aliphatic rings. The van der Waals surface area contributed by atoms with Gasteiger partial charge in [0.25, 0.3) is 0 Å². The second-order valence-corrected chi connectivity index (χ2v) is 10.4. The van der Waals surface area contributed by atoms with Crippen molar-refractivity contribution in [2.75, 3.05) is 0 Å². The summed E-state index contributed by atoms with van der Waals surface area (Å²) in [5.41, 5.74) is 0.314. The van der Waals surface area contributed by atoms with E-state index in [0.717, 1.165) is 24.8 Å². The number of fused-ring (bicyclic) bond motifs is 2. The predicted octanol–water partition coefficient (Wildman–Crippen LogP) is 4.47. The summed E-state index contributed by atoms with van der Waals surface area (Å²) in [6.07, 6.45) is 4.47. The summed E-state index contributed by atoms with van der Waals surface area (Å²) in [4.78, 5) is 24.5. The Labute approximate surface area is 189 Å². The zero-order valence-corrected chi connectivity index (χ0v) is 19.1. The number of carbonyl (C=O) groups is 1. The van der Waals surface area contributed by atoms with Crippen LogP contribution in [0.3, 0.4) is 0 Å². The van der Waals surface area contributed by atoms with Crippen molar-refractivity contribution in [2.45, 2.75) is 89.6 Å². The molecule has 1 aliphatic carbocycles. The maximum Gasteiger partial charge on any atom is 0.220 e. The molecule has 6 rings (SSSR count). The summed E-state index contributed by atoms with van der Waals surface area (Å²) in [5, 5.41) is 2.93. The quantitative estimate of drug-likeness (QED) is 0.675. The molecule has 7 heteroatoms. The third-order valence-corrected chi connectivity index (χ3v) is 8.35. The first-order valence-corrected chi connectivity index (χ1v) is 12.0. The lowest BCUT2D eigenvalue weighted by Gasteiger charge is -2.60. The van der Waals surface area contributed by atoms with E-state index in [0.29, 0.717) is 31.2 Å². The van der Waals surface area contributed by atoms with Crippen molar-refractivity contribution in [1.82, 2.24) is 5.32 Å². The van der Waals surface area contributed by atoms with Crippen LogP contribution in [0.4, 0.5) is 4.39 Å². The monoisotopic (exact) mass is 447 g/mol. The zero-order valence-electron chi connectivity index (χ0n) is 19.1. The lowest BCUT2D eigenvalue weighted by Crippen LogP contribution is -2.70. The fourth-order valence-electron chi connectivity index (χ4n) is 6.47. The standard InChI is InChI=1S/C25H34FNO5/c1-15-4-9-20-16(2)21(10-11-22(28)27-14-17-5-7-18(26)8-6-17)29-23-25(20)19(15)12-13-24(3,30-23)31-32-25/h5-8,15-16,19-21,23H,4,9-14H2,1-3H3,(H,27,28)/t15-,16-,19+,20+,21-,23-,24+,25-/m1/s1. The Kier molecular flexibility index (Phi) is 5.81.